The van der Waals surface area contributed by atoms with Gasteiger partial charge in [-0.1, -0.05) is 12.6 Å². The summed E-state index contributed by atoms with van der Waals surface area (Å²) in [6, 6.07) is -4.76. The summed E-state index contributed by atoms with van der Waals surface area (Å²) in [5.74, 6) is -2.40. The van der Waals surface area contributed by atoms with Crippen LogP contribution >= 0.6 is 0 Å². The van der Waals surface area contributed by atoms with E-state index in [1.165, 1.54) is 0 Å². The number of hydrogen-bond donors (Lipinski definition) is 2. The molecule has 2 aliphatic rings. The fourth-order valence-electron chi connectivity index (χ4n) is 1.95. The number of nitrogens with zero attached hydrogens (tertiary/aromatic N) is 1. The van der Waals surface area contributed by atoms with Gasteiger partial charge in [-0.05, 0) is 24.8 Å². The van der Waals surface area contributed by atoms with Gasteiger partial charge in [-0.3, -0.25) is 9.59 Å². The predicted molar refractivity (Wildman–Crippen MR) is 71.0 cm³/mol. The third-order valence-corrected chi connectivity index (χ3v) is 2.87. The molecular formula is C14H15N3O2. The Balaban J connectivity index is 2.22. The Labute approximate surface area is 122 Å². The number of carbonyl (C=O) groups is 2. The lowest BCUT2D eigenvalue weighted by atomic mass is 10.0. The number of rotatable bonds is 1. The summed E-state index contributed by atoms with van der Waals surface area (Å²) in [5.41, 5.74) is 4.45. The third-order valence-electron chi connectivity index (χ3n) is 2.87. The zero-order chi connectivity index (χ0) is 20.7. The molecule has 98 valence electrons. The number of piperidine rings is 1. The van der Waals surface area contributed by atoms with Crippen LogP contribution in [0, 0.1) is 0 Å². The van der Waals surface area contributed by atoms with Gasteiger partial charge in [-0.15, -0.1) is 0 Å². The zero-order valence-corrected chi connectivity index (χ0v) is 9.76. The van der Waals surface area contributed by atoms with Crippen molar-refractivity contribution < 1.29 is 20.6 Å². The lowest BCUT2D eigenvalue weighted by Gasteiger charge is -2.30. The summed E-state index contributed by atoms with van der Waals surface area (Å²) in [4.78, 5) is 25.8. The number of nitrogens with two attached hydrogens (primary N) is 1. The minimum absolute atomic E-state index is 0.0637. The van der Waals surface area contributed by atoms with Crippen LogP contribution in [0.1, 0.15) is 39.6 Å². The normalized spacial score (nSPS) is 37.7. The number of nitrogens with one attached hydrogen (secondary N) is 1. The number of allylic oxidation sites excluding steroid dienone is 1. The lowest BCUT2D eigenvalue weighted by Crippen LogP contribution is -2.49. The molecule has 1 aromatic rings. The Kier molecular flexibility index (Phi) is 1.25. The molecule has 0 spiro atoms. The maximum atomic E-state index is 12.9. The molecule has 0 saturated carbocycles. The quantitative estimate of drug-likeness (QED) is 0.744. The maximum absolute atomic E-state index is 12.9. The van der Waals surface area contributed by atoms with E-state index >= 15 is 0 Å². The van der Waals surface area contributed by atoms with Gasteiger partial charge >= 0.3 is 0 Å². The Morgan fingerprint density at radius 3 is 3.16 bits per heavy atom. The molecule has 1 atom stereocenters. The average molecular weight is 265 g/mol. The van der Waals surface area contributed by atoms with Crippen LogP contribution in [0.15, 0.2) is 30.4 Å². The van der Waals surface area contributed by atoms with Crippen LogP contribution in [0.2, 0.25) is 0 Å². The van der Waals surface area contributed by atoms with E-state index in [1.54, 1.807) is 0 Å². The summed E-state index contributed by atoms with van der Waals surface area (Å²) >= 11 is 0. The van der Waals surface area contributed by atoms with Crippen molar-refractivity contribution in [3.63, 3.8) is 0 Å². The molecule has 0 radical (unpaired) electrons. The van der Waals surface area contributed by atoms with Crippen LogP contribution in [0.3, 0.4) is 0 Å². The van der Waals surface area contributed by atoms with Crippen molar-refractivity contribution in [2.24, 2.45) is 0 Å². The fraction of sp³-hybridized carbons (Fsp3) is 0.286. The van der Waals surface area contributed by atoms with E-state index < -0.39 is 66.5 Å². The van der Waals surface area contributed by atoms with Crippen LogP contribution in [0.25, 0.3) is 0 Å². The predicted octanol–water partition coefficient (Wildman–Crippen LogP) is 1.02. The highest BCUT2D eigenvalue weighted by atomic mass is 16.2. The number of carbonyl (C=O) groups excluding carboxylic acids is 2. The number of nitrogen functional groups attached to an aromatic ring is 1. The van der Waals surface area contributed by atoms with E-state index in [9.17, 15) is 9.59 Å². The fourth-order valence-corrected chi connectivity index (χ4v) is 1.95. The van der Waals surface area contributed by atoms with Crippen molar-refractivity contribution in [1.82, 2.24) is 10.2 Å². The maximum Gasteiger partial charge on any atom is 0.255 e. The molecular weight excluding hydrogens is 242 g/mol. The van der Waals surface area contributed by atoms with Gasteiger partial charge in [-0.25, -0.2) is 0 Å². The van der Waals surface area contributed by atoms with Gasteiger partial charge in [0, 0.05) is 34.5 Å². The monoisotopic (exact) mass is 265 g/mol. The van der Waals surface area contributed by atoms with Gasteiger partial charge in [0.25, 0.3) is 5.91 Å². The first kappa shape index (κ1) is 5.77. The summed E-state index contributed by atoms with van der Waals surface area (Å²) in [5, 5.41) is 2.01. The molecule has 1 fully saturated rings. The highest BCUT2D eigenvalue weighted by molar-refractivity contribution is 6.02. The summed E-state index contributed by atoms with van der Waals surface area (Å²) < 4.78 is 64.0. The topological polar surface area (TPSA) is 75.4 Å². The molecule has 2 aliphatic heterocycles. The molecule has 1 aromatic carbocycles. The largest absolute Gasteiger partial charge is 0.398 e. The van der Waals surface area contributed by atoms with Crippen LogP contribution in [0.4, 0.5) is 5.69 Å². The Bertz CT molecular complexity index is 932. The Hall–Kier alpha value is -2.30. The van der Waals surface area contributed by atoms with E-state index in [0.29, 0.717) is 4.90 Å². The van der Waals surface area contributed by atoms with Gasteiger partial charge in [0.1, 0.15) is 6.02 Å². The first-order valence-corrected chi connectivity index (χ1v) is 5.42. The van der Waals surface area contributed by atoms with Crippen LogP contribution < -0.4 is 11.1 Å². The molecule has 1 unspecified atom stereocenters. The van der Waals surface area contributed by atoms with Gasteiger partial charge in [0.15, 0.2) is 0 Å². The van der Waals surface area contributed by atoms with Gasteiger partial charge in [-0.2, -0.15) is 0 Å². The highest BCUT2D eigenvalue weighted by Gasteiger charge is 2.38. The second-order valence-corrected chi connectivity index (χ2v) is 4.06. The molecule has 2 heterocycles. The molecule has 2 amide bonds. The van der Waals surface area contributed by atoms with Crippen molar-refractivity contribution in [1.29, 1.82) is 0 Å². The van der Waals surface area contributed by atoms with Crippen LogP contribution in [0.5, 0.6) is 0 Å². The third kappa shape index (κ3) is 1.78. The average Bonchev–Trinajstić information content (AvgIpc) is 2.93. The van der Waals surface area contributed by atoms with Crippen molar-refractivity contribution in [2.75, 3.05) is 5.73 Å². The lowest BCUT2D eigenvalue weighted by molar-refractivity contribution is -0.126. The minimum atomic E-state index is -3.19. The zero-order valence-electron chi connectivity index (χ0n) is 17.8. The molecule has 3 rings (SSSR count). The van der Waals surface area contributed by atoms with E-state index in [0.717, 1.165) is 0 Å². The van der Waals surface area contributed by atoms with Gasteiger partial charge in [0.2, 0.25) is 5.91 Å². The SMILES string of the molecule is [2H]c1c([2H])c(N)c2c(c1[2H])C(=O)N(C1([2H])C(=O)NC(=C)C([2H])([2H])C1([2H])[2H])C2. The van der Waals surface area contributed by atoms with Gasteiger partial charge < -0.3 is 16.0 Å². The first-order valence-electron chi connectivity index (χ1n) is 9.42. The van der Waals surface area contributed by atoms with E-state index in [-0.39, 0.29) is 11.3 Å². The van der Waals surface area contributed by atoms with Crippen molar-refractivity contribution in [3.05, 3.63) is 41.5 Å². The summed E-state index contributed by atoms with van der Waals surface area (Å²) in [7, 11) is 0. The Morgan fingerprint density at radius 1 is 1.58 bits per heavy atom. The van der Waals surface area contributed by atoms with Crippen molar-refractivity contribution in [3.8, 4) is 0 Å². The van der Waals surface area contributed by atoms with Crippen molar-refractivity contribution in [2.45, 2.75) is 25.3 Å². The molecule has 1 saturated heterocycles. The minimum Gasteiger partial charge on any atom is -0.398 e. The first-order chi connectivity index (χ1) is 12.2. The standard InChI is InChI=1S/C14H15N3O2/c1-8-5-6-12(13(18)16-8)17-7-10-9(14(17)19)3-2-4-11(10)15/h2-4,12H,1,5-7,15H2,(H,16,18)/i2D,3D,4D,5D2,6D2,12D. The second kappa shape index (κ2) is 4.12. The Morgan fingerprint density at radius 2 is 2.37 bits per heavy atom. The number of hydrogen-bond acceptors (Lipinski definition) is 3. The van der Waals surface area contributed by atoms with E-state index in [1.807, 2.05) is 5.32 Å². The van der Waals surface area contributed by atoms with Crippen LogP contribution in [-0.2, 0) is 11.3 Å². The summed E-state index contributed by atoms with van der Waals surface area (Å²) in [6.07, 6.45) is -6.06. The molecule has 0 bridgehead atoms. The number of anilines is 1. The number of amides is 2. The number of benzene rings is 1. The molecule has 0 aromatic heterocycles. The number of fused-ring (bicyclic) bond motifs is 1. The van der Waals surface area contributed by atoms with E-state index in [4.69, 9.17) is 16.7 Å². The van der Waals surface area contributed by atoms with E-state index in [2.05, 4.69) is 6.58 Å². The highest BCUT2D eigenvalue weighted by Crippen LogP contribution is 2.31. The van der Waals surface area contributed by atoms with Crippen LogP contribution in [-0.4, -0.2) is 22.7 Å². The molecule has 5 heteroatoms. The molecule has 3 N–H and O–H groups in total. The smallest absolute Gasteiger partial charge is 0.255 e. The molecule has 0 aliphatic carbocycles. The molecule has 19 heavy (non-hydrogen) atoms. The summed E-state index contributed by atoms with van der Waals surface area (Å²) in [6.45, 7) is 2.71. The second-order valence-electron chi connectivity index (χ2n) is 4.06. The van der Waals surface area contributed by atoms with Crippen molar-refractivity contribution >= 4 is 17.5 Å². The molecule has 5 nitrogen and oxygen atoms in total. The van der Waals surface area contributed by atoms with Gasteiger partial charge in [0.05, 0.1) is 5.48 Å².